The first-order valence-electron chi connectivity index (χ1n) is 3.92. The summed E-state index contributed by atoms with van der Waals surface area (Å²) in [5.41, 5.74) is -0.276. The van der Waals surface area contributed by atoms with Gasteiger partial charge in [0.1, 0.15) is 16.7 Å². The number of aromatic nitrogens is 2. The second-order valence-corrected chi connectivity index (χ2v) is 3.62. The van der Waals surface area contributed by atoms with Crippen LogP contribution in [0.25, 0.3) is 0 Å². The molecular formula is C8H6IN5O. The zero-order valence-corrected chi connectivity index (χ0v) is 9.72. The van der Waals surface area contributed by atoms with E-state index in [4.69, 9.17) is 10.5 Å². The lowest BCUT2D eigenvalue weighted by Gasteiger charge is -2.16. The summed E-state index contributed by atoms with van der Waals surface area (Å²) >= 11 is 1.83. The van der Waals surface area contributed by atoms with E-state index in [2.05, 4.69) is 9.97 Å². The fourth-order valence-electron chi connectivity index (χ4n) is 0.970. The fraction of sp³-hybridized carbons (Fsp3) is 0.250. The minimum atomic E-state index is -0.276. The predicted octanol–water partition coefficient (Wildman–Crippen LogP) is 0.228. The van der Waals surface area contributed by atoms with E-state index >= 15 is 0 Å². The Hall–Kier alpha value is -1.61. The number of aromatic amines is 1. The quantitative estimate of drug-likeness (QED) is 0.636. The van der Waals surface area contributed by atoms with Crippen molar-refractivity contribution in [3.63, 3.8) is 0 Å². The number of hydrogen-bond donors (Lipinski definition) is 1. The summed E-state index contributed by atoms with van der Waals surface area (Å²) < 4.78 is 0.376. The molecule has 76 valence electrons. The Morgan fingerprint density at radius 2 is 2.07 bits per heavy atom. The highest BCUT2D eigenvalue weighted by Gasteiger charge is 2.12. The van der Waals surface area contributed by atoms with Crippen molar-refractivity contribution in [2.24, 2.45) is 0 Å². The maximum atomic E-state index is 11.3. The monoisotopic (exact) mass is 315 g/mol. The maximum Gasteiger partial charge on any atom is 0.266 e. The van der Waals surface area contributed by atoms with E-state index in [0.29, 0.717) is 9.39 Å². The molecule has 0 aliphatic rings. The van der Waals surface area contributed by atoms with Crippen LogP contribution in [0.4, 0.5) is 5.82 Å². The van der Waals surface area contributed by atoms with Gasteiger partial charge in [-0.3, -0.25) is 4.79 Å². The van der Waals surface area contributed by atoms with Crippen molar-refractivity contribution in [2.45, 2.75) is 0 Å². The average Bonchev–Trinajstić information content (AvgIpc) is 2.22. The van der Waals surface area contributed by atoms with E-state index in [1.807, 2.05) is 34.7 Å². The Bertz CT molecular complexity index is 467. The molecule has 0 aliphatic carbocycles. The van der Waals surface area contributed by atoms with Crippen LogP contribution in [-0.2, 0) is 0 Å². The Labute approximate surface area is 99.3 Å². The standard InChI is InChI=1S/C8H6IN5O/c9-6-7(12-5-13-8(6)15)14(3-1-10)4-2-11/h5H,3-4H2,(H,12,13,15). The molecule has 0 bridgehead atoms. The summed E-state index contributed by atoms with van der Waals surface area (Å²) in [6.45, 7) is 0.0556. The number of nitrogens with one attached hydrogen (secondary N) is 1. The Morgan fingerprint density at radius 3 is 2.60 bits per heavy atom. The zero-order valence-electron chi connectivity index (χ0n) is 7.57. The van der Waals surface area contributed by atoms with Crippen LogP contribution in [0.5, 0.6) is 0 Å². The average molecular weight is 315 g/mol. The lowest BCUT2D eigenvalue weighted by atomic mass is 10.4. The highest BCUT2D eigenvalue weighted by Crippen LogP contribution is 2.14. The number of nitrogens with zero attached hydrogens (tertiary/aromatic N) is 4. The molecule has 0 atom stereocenters. The molecule has 1 aromatic heterocycles. The Kier molecular flexibility index (Phi) is 4.06. The molecule has 0 aromatic carbocycles. The van der Waals surface area contributed by atoms with Crippen molar-refractivity contribution in [1.29, 1.82) is 10.5 Å². The summed E-state index contributed by atoms with van der Waals surface area (Å²) in [7, 11) is 0. The van der Waals surface area contributed by atoms with E-state index in [9.17, 15) is 4.79 Å². The minimum absolute atomic E-state index is 0.0278. The van der Waals surface area contributed by atoms with Crippen molar-refractivity contribution in [1.82, 2.24) is 9.97 Å². The largest absolute Gasteiger partial charge is 0.329 e. The van der Waals surface area contributed by atoms with Gasteiger partial charge in [-0.1, -0.05) is 0 Å². The van der Waals surface area contributed by atoms with Crippen LogP contribution in [0.1, 0.15) is 0 Å². The molecule has 0 saturated carbocycles. The van der Waals surface area contributed by atoms with Gasteiger partial charge in [-0.2, -0.15) is 10.5 Å². The first-order valence-corrected chi connectivity index (χ1v) is 5.00. The van der Waals surface area contributed by atoms with Crippen LogP contribution in [-0.4, -0.2) is 23.1 Å². The molecule has 6 nitrogen and oxygen atoms in total. The molecule has 7 heteroatoms. The third-order valence-electron chi connectivity index (χ3n) is 1.60. The SMILES string of the molecule is N#CCN(CC#N)c1nc[nH]c(=O)c1I. The molecule has 1 aromatic rings. The second-order valence-electron chi connectivity index (χ2n) is 2.54. The molecule has 0 aliphatic heterocycles. The number of hydrogen-bond acceptors (Lipinski definition) is 5. The lowest BCUT2D eigenvalue weighted by Crippen LogP contribution is -2.28. The van der Waals surface area contributed by atoms with E-state index in [1.165, 1.54) is 11.2 Å². The number of anilines is 1. The number of halogens is 1. The van der Waals surface area contributed by atoms with Gasteiger partial charge < -0.3 is 9.88 Å². The minimum Gasteiger partial charge on any atom is -0.329 e. The molecule has 0 unspecified atom stereocenters. The Balaban J connectivity index is 3.13. The van der Waals surface area contributed by atoms with Gasteiger partial charge in [0.2, 0.25) is 0 Å². The van der Waals surface area contributed by atoms with Gasteiger partial charge in [0.25, 0.3) is 5.56 Å². The van der Waals surface area contributed by atoms with Gasteiger partial charge in [0.15, 0.2) is 5.82 Å². The summed E-state index contributed by atoms with van der Waals surface area (Å²) in [5, 5.41) is 17.1. The van der Waals surface area contributed by atoms with Gasteiger partial charge in [-0.25, -0.2) is 4.98 Å². The highest BCUT2D eigenvalue weighted by molar-refractivity contribution is 14.1. The van der Waals surface area contributed by atoms with E-state index in [-0.39, 0.29) is 18.6 Å². The molecule has 15 heavy (non-hydrogen) atoms. The van der Waals surface area contributed by atoms with E-state index in [0.717, 1.165) is 0 Å². The molecule has 1 heterocycles. The fourth-order valence-corrected chi connectivity index (χ4v) is 1.61. The van der Waals surface area contributed by atoms with Crippen LogP contribution >= 0.6 is 22.6 Å². The molecular weight excluding hydrogens is 309 g/mol. The molecule has 0 fully saturated rings. The first-order chi connectivity index (χ1) is 7.20. The van der Waals surface area contributed by atoms with Crippen LogP contribution < -0.4 is 10.5 Å². The topological polar surface area (TPSA) is 96.6 Å². The van der Waals surface area contributed by atoms with Crippen molar-refractivity contribution in [3.05, 3.63) is 20.3 Å². The third kappa shape index (κ3) is 2.67. The van der Waals surface area contributed by atoms with Crippen LogP contribution in [0.3, 0.4) is 0 Å². The molecule has 0 saturated heterocycles. The van der Waals surface area contributed by atoms with Crippen LogP contribution in [0.2, 0.25) is 0 Å². The van der Waals surface area contributed by atoms with Crippen molar-refractivity contribution < 1.29 is 0 Å². The summed E-state index contributed by atoms with van der Waals surface area (Å²) in [6, 6.07) is 3.83. The second kappa shape index (κ2) is 5.32. The number of H-pyrrole nitrogens is 1. The molecule has 1 rings (SSSR count). The lowest BCUT2D eigenvalue weighted by molar-refractivity contribution is 0.911. The summed E-state index contributed by atoms with van der Waals surface area (Å²) in [5.74, 6) is 0.363. The summed E-state index contributed by atoms with van der Waals surface area (Å²) in [6.07, 6.45) is 1.25. The van der Waals surface area contributed by atoms with Crippen molar-refractivity contribution >= 4 is 28.4 Å². The molecule has 0 amide bonds. The predicted molar refractivity (Wildman–Crippen MR) is 61.0 cm³/mol. The number of rotatable bonds is 3. The van der Waals surface area contributed by atoms with Crippen LogP contribution in [0, 0.1) is 26.2 Å². The normalized spacial score (nSPS) is 9.00. The zero-order chi connectivity index (χ0) is 11.3. The first kappa shape index (κ1) is 11.5. The van der Waals surface area contributed by atoms with Crippen LogP contribution in [0.15, 0.2) is 11.1 Å². The highest BCUT2D eigenvalue weighted by atomic mass is 127. The summed E-state index contributed by atoms with van der Waals surface area (Å²) in [4.78, 5) is 19.0. The third-order valence-corrected chi connectivity index (χ3v) is 2.57. The van der Waals surface area contributed by atoms with E-state index in [1.54, 1.807) is 0 Å². The smallest absolute Gasteiger partial charge is 0.266 e. The van der Waals surface area contributed by atoms with Gasteiger partial charge in [-0.15, -0.1) is 0 Å². The molecule has 1 N–H and O–H groups in total. The van der Waals surface area contributed by atoms with Gasteiger partial charge in [-0.05, 0) is 22.6 Å². The van der Waals surface area contributed by atoms with Crippen molar-refractivity contribution in [2.75, 3.05) is 18.0 Å². The van der Waals surface area contributed by atoms with Gasteiger partial charge in [0.05, 0.1) is 18.5 Å². The van der Waals surface area contributed by atoms with Crippen molar-refractivity contribution in [3.8, 4) is 12.1 Å². The Morgan fingerprint density at radius 1 is 1.47 bits per heavy atom. The molecule has 0 radical (unpaired) electrons. The maximum absolute atomic E-state index is 11.3. The molecule has 0 spiro atoms. The van der Waals surface area contributed by atoms with Gasteiger partial charge in [0, 0.05) is 0 Å². The number of nitriles is 2. The van der Waals surface area contributed by atoms with Gasteiger partial charge >= 0.3 is 0 Å². The van der Waals surface area contributed by atoms with E-state index < -0.39 is 0 Å².